The second kappa shape index (κ2) is 9.93. The second-order valence-electron chi connectivity index (χ2n) is 9.23. The molecule has 0 radical (unpaired) electrons. The first-order chi connectivity index (χ1) is 17.9. The van der Waals surface area contributed by atoms with Gasteiger partial charge in [0, 0.05) is 11.3 Å². The van der Waals surface area contributed by atoms with Gasteiger partial charge in [-0.15, -0.1) is 0 Å². The van der Waals surface area contributed by atoms with Gasteiger partial charge in [0.15, 0.2) is 0 Å². The number of urea groups is 1. The number of amides is 2. The summed E-state index contributed by atoms with van der Waals surface area (Å²) >= 11 is 0. The molecule has 1 N–H and O–H groups in total. The molecule has 4 aromatic rings. The Morgan fingerprint density at radius 3 is 2.35 bits per heavy atom. The molecule has 7 nitrogen and oxygen atoms in total. The molecule has 0 fully saturated rings. The Hall–Kier alpha value is -4.39. The third kappa shape index (κ3) is 4.60. The molecule has 0 aliphatic carbocycles. The quantitative estimate of drug-likeness (QED) is 0.326. The summed E-state index contributed by atoms with van der Waals surface area (Å²) in [4.78, 5) is 19.8. The van der Waals surface area contributed by atoms with E-state index in [-0.39, 0.29) is 6.03 Å². The zero-order chi connectivity index (χ0) is 26.1. The van der Waals surface area contributed by atoms with E-state index < -0.39 is 6.04 Å². The Balaban J connectivity index is 1.63. The highest BCUT2D eigenvalue weighted by Crippen LogP contribution is 2.39. The van der Waals surface area contributed by atoms with E-state index >= 15 is 0 Å². The van der Waals surface area contributed by atoms with Crippen LogP contribution in [-0.2, 0) is 6.42 Å². The van der Waals surface area contributed by atoms with E-state index in [1.807, 2.05) is 49.4 Å². The molecule has 7 heteroatoms. The molecule has 5 rings (SSSR count). The summed E-state index contributed by atoms with van der Waals surface area (Å²) in [5, 5.41) is 7.45. The second-order valence-corrected chi connectivity index (χ2v) is 9.23. The summed E-state index contributed by atoms with van der Waals surface area (Å²) in [5.41, 5.74) is 7.57. The maximum atomic E-state index is 13.4. The van der Waals surface area contributed by atoms with Crippen LogP contribution in [0.5, 0.6) is 5.75 Å². The third-order valence-corrected chi connectivity index (χ3v) is 6.96. The fourth-order valence-electron chi connectivity index (χ4n) is 4.60. The summed E-state index contributed by atoms with van der Waals surface area (Å²) in [6, 6.07) is 21.0. The van der Waals surface area contributed by atoms with Crippen LogP contribution in [0.15, 0.2) is 77.0 Å². The maximum absolute atomic E-state index is 13.4. The lowest BCUT2D eigenvalue weighted by Crippen LogP contribution is -2.46. The fraction of sp³-hybridized carbons (Fsp3) is 0.233. The lowest BCUT2D eigenvalue weighted by molar-refractivity contribution is 0.244. The van der Waals surface area contributed by atoms with Crippen molar-refractivity contribution in [2.75, 3.05) is 12.0 Å². The van der Waals surface area contributed by atoms with Gasteiger partial charge in [-0.2, -0.15) is 4.98 Å². The van der Waals surface area contributed by atoms with Crippen molar-refractivity contribution in [1.29, 1.82) is 0 Å². The summed E-state index contributed by atoms with van der Waals surface area (Å²) in [7, 11) is 1.61. The molecule has 0 saturated heterocycles. The van der Waals surface area contributed by atoms with Gasteiger partial charge in [-0.1, -0.05) is 54.5 Å². The largest absolute Gasteiger partial charge is 0.497 e. The summed E-state index contributed by atoms with van der Waals surface area (Å²) in [6.07, 6.45) is 0.961. The highest BCUT2D eigenvalue weighted by molar-refractivity contribution is 6.01. The molecule has 0 spiro atoms. The van der Waals surface area contributed by atoms with E-state index in [1.165, 1.54) is 11.1 Å². The molecule has 188 valence electrons. The molecule has 1 unspecified atom stereocenters. The Bertz CT molecular complexity index is 1470. The number of benzene rings is 3. The van der Waals surface area contributed by atoms with Crippen LogP contribution in [0.1, 0.15) is 48.0 Å². The van der Waals surface area contributed by atoms with E-state index in [0.717, 1.165) is 28.7 Å². The molecule has 3 aromatic carbocycles. The SMILES string of the molecule is CCc1ccc(-c2noc(C3=C(C)N(c4ccc(OC)cc4)C(=O)NC3c3ccc(C)c(C)c3)n2)cc1. The Labute approximate surface area is 216 Å². The summed E-state index contributed by atoms with van der Waals surface area (Å²) < 4.78 is 11.1. The molecular formula is C30H30N4O3. The van der Waals surface area contributed by atoms with Gasteiger partial charge >= 0.3 is 6.03 Å². The van der Waals surface area contributed by atoms with Crippen LogP contribution >= 0.6 is 0 Å². The number of ether oxygens (including phenoxy) is 1. The van der Waals surface area contributed by atoms with Crippen molar-refractivity contribution in [3.8, 4) is 17.1 Å². The molecule has 2 amide bonds. The van der Waals surface area contributed by atoms with E-state index in [4.69, 9.17) is 14.2 Å². The minimum Gasteiger partial charge on any atom is -0.497 e. The van der Waals surface area contributed by atoms with Crippen LogP contribution < -0.4 is 15.0 Å². The van der Waals surface area contributed by atoms with Crippen molar-refractivity contribution in [3.05, 3.63) is 101 Å². The number of aromatic nitrogens is 2. The van der Waals surface area contributed by atoms with Crippen molar-refractivity contribution < 1.29 is 14.1 Å². The molecule has 0 bridgehead atoms. The van der Waals surface area contributed by atoms with E-state index in [0.29, 0.717) is 28.8 Å². The Morgan fingerprint density at radius 2 is 1.70 bits per heavy atom. The van der Waals surface area contributed by atoms with Gasteiger partial charge in [0.2, 0.25) is 5.82 Å². The zero-order valence-corrected chi connectivity index (χ0v) is 21.7. The summed E-state index contributed by atoms with van der Waals surface area (Å²) in [6.45, 7) is 8.16. The third-order valence-electron chi connectivity index (χ3n) is 6.96. The number of hydrogen-bond acceptors (Lipinski definition) is 5. The number of nitrogens with zero attached hydrogens (tertiary/aromatic N) is 3. The molecule has 0 saturated carbocycles. The molecule has 2 heterocycles. The van der Waals surface area contributed by atoms with Crippen LogP contribution in [0.3, 0.4) is 0 Å². The molecular weight excluding hydrogens is 464 g/mol. The average Bonchev–Trinajstić information content (AvgIpc) is 3.40. The number of rotatable bonds is 6. The van der Waals surface area contributed by atoms with Gasteiger partial charge in [0.05, 0.1) is 24.4 Å². The summed E-state index contributed by atoms with van der Waals surface area (Å²) in [5.74, 6) is 1.59. The van der Waals surface area contributed by atoms with Crippen LogP contribution in [-0.4, -0.2) is 23.3 Å². The van der Waals surface area contributed by atoms with E-state index in [2.05, 4.69) is 55.5 Å². The minimum absolute atomic E-state index is 0.232. The molecule has 1 atom stereocenters. The number of hydrogen-bond donors (Lipinski definition) is 1. The number of nitrogens with one attached hydrogen (secondary N) is 1. The standard InChI is InChI=1S/C30H30N4O3/c1-6-21-8-11-22(12-9-21)28-32-29(37-33-28)26-20(4)34(24-13-15-25(36-5)16-14-24)30(35)31-27(26)23-10-7-18(2)19(3)17-23/h7-17,27H,6H2,1-5H3,(H,31,35). The van der Waals surface area contributed by atoms with Crippen LogP contribution in [0.2, 0.25) is 0 Å². The fourth-order valence-corrected chi connectivity index (χ4v) is 4.60. The van der Waals surface area contributed by atoms with Crippen molar-refractivity contribution >= 4 is 17.3 Å². The predicted molar refractivity (Wildman–Crippen MR) is 144 cm³/mol. The first-order valence-electron chi connectivity index (χ1n) is 12.4. The van der Waals surface area contributed by atoms with Gasteiger partial charge in [-0.25, -0.2) is 4.79 Å². The van der Waals surface area contributed by atoms with Crippen LogP contribution in [0.4, 0.5) is 10.5 Å². The highest BCUT2D eigenvalue weighted by Gasteiger charge is 2.36. The molecule has 37 heavy (non-hydrogen) atoms. The lowest BCUT2D eigenvalue weighted by atomic mass is 9.92. The predicted octanol–water partition coefficient (Wildman–Crippen LogP) is 6.63. The zero-order valence-electron chi connectivity index (χ0n) is 21.7. The first kappa shape index (κ1) is 24.3. The smallest absolute Gasteiger partial charge is 0.326 e. The number of anilines is 1. The Kier molecular flexibility index (Phi) is 6.53. The first-order valence-corrected chi connectivity index (χ1v) is 12.4. The average molecular weight is 495 g/mol. The highest BCUT2D eigenvalue weighted by atomic mass is 16.5. The minimum atomic E-state index is -0.447. The van der Waals surface area contributed by atoms with E-state index in [9.17, 15) is 4.79 Å². The van der Waals surface area contributed by atoms with Gasteiger partial charge in [-0.3, -0.25) is 4.90 Å². The molecule has 1 aromatic heterocycles. The van der Waals surface area contributed by atoms with Crippen LogP contribution in [0.25, 0.3) is 17.0 Å². The van der Waals surface area contributed by atoms with Gasteiger partial charge in [0.1, 0.15) is 5.75 Å². The Morgan fingerprint density at radius 1 is 0.973 bits per heavy atom. The van der Waals surface area contributed by atoms with Gasteiger partial charge in [0.25, 0.3) is 5.89 Å². The normalized spacial score (nSPS) is 15.6. The van der Waals surface area contributed by atoms with Crippen molar-refractivity contribution in [3.63, 3.8) is 0 Å². The van der Waals surface area contributed by atoms with E-state index in [1.54, 1.807) is 12.0 Å². The number of methoxy groups -OCH3 is 1. The van der Waals surface area contributed by atoms with Crippen molar-refractivity contribution in [2.45, 2.75) is 40.2 Å². The van der Waals surface area contributed by atoms with Gasteiger partial charge < -0.3 is 14.6 Å². The number of carbonyl (C=O) groups is 1. The topological polar surface area (TPSA) is 80.5 Å². The maximum Gasteiger partial charge on any atom is 0.326 e. The number of aryl methyl sites for hydroxylation is 3. The van der Waals surface area contributed by atoms with Crippen molar-refractivity contribution in [2.24, 2.45) is 0 Å². The van der Waals surface area contributed by atoms with Crippen molar-refractivity contribution in [1.82, 2.24) is 15.5 Å². The van der Waals surface area contributed by atoms with Crippen LogP contribution in [0, 0.1) is 13.8 Å². The number of carbonyl (C=O) groups excluding carboxylic acids is 1. The monoisotopic (exact) mass is 494 g/mol. The lowest BCUT2D eigenvalue weighted by Gasteiger charge is -2.35. The van der Waals surface area contributed by atoms with Gasteiger partial charge in [-0.05, 0) is 73.7 Å². The molecule has 1 aliphatic rings. The molecule has 1 aliphatic heterocycles. The number of allylic oxidation sites excluding steroid dienone is 1.